The number of amides is 2. The maximum atomic E-state index is 12.4. The lowest BCUT2D eigenvalue weighted by molar-refractivity contribution is -0.134. The summed E-state index contributed by atoms with van der Waals surface area (Å²) in [5, 5.41) is 6.82. The number of nitrogens with zero attached hydrogens (tertiary/aromatic N) is 3. The van der Waals surface area contributed by atoms with E-state index in [4.69, 9.17) is 4.52 Å². The number of carbonyl (C=O) groups is 2. The third-order valence-electron chi connectivity index (χ3n) is 4.32. The van der Waals surface area contributed by atoms with Gasteiger partial charge in [0.2, 0.25) is 11.8 Å². The fourth-order valence-corrected chi connectivity index (χ4v) is 2.92. The maximum absolute atomic E-state index is 12.4. The molecule has 1 aliphatic rings. The second kappa shape index (κ2) is 7.04. The Bertz CT molecular complexity index is 767. The maximum Gasteiger partial charge on any atom is 0.257 e. The van der Waals surface area contributed by atoms with Crippen LogP contribution in [-0.4, -0.2) is 39.4 Å². The minimum absolute atomic E-state index is 0.0645. The van der Waals surface area contributed by atoms with Crippen molar-refractivity contribution in [1.82, 2.24) is 15.0 Å². The second-order valence-electron chi connectivity index (χ2n) is 6.55. The van der Waals surface area contributed by atoms with Crippen LogP contribution in [0.4, 0.5) is 5.69 Å². The molecule has 1 fully saturated rings. The van der Waals surface area contributed by atoms with Crippen molar-refractivity contribution in [2.24, 2.45) is 0 Å². The first kappa shape index (κ1) is 17.1. The number of carbonyl (C=O) groups excluding carboxylic acids is 2. The summed E-state index contributed by atoms with van der Waals surface area (Å²) in [6, 6.07) is 6.84. The van der Waals surface area contributed by atoms with Crippen LogP contribution in [-0.2, 0) is 9.59 Å². The first-order chi connectivity index (χ1) is 12.0. The van der Waals surface area contributed by atoms with E-state index in [1.54, 1.807) is 17.0 Å². The molecule has 1 aromatic carbocycles. The molecule has 0 aliphatic carbocycles. The number of hydrogen-bond donors (Lipinski definition) is 1. The zero-order valence-corrected chi connectivity index (χ0v) is 14.7. The van der Waals surface area contributed by atoms with Crippen molar-refractivity contribution in [3.63, 3.8) is 0 Å². The van der Waals surface area contributed by atoms with E-state index in [1.165, 1.54) is 6.92 Å². The van der Waals surface area contributed by atoms with Crippen LogP contribution >= 0.6 is 0 Å². The molecule has 0 saturated carbocycles. The predicted molar refractivity (Wildman–Crippen MR) is 92.9 cm³/mol. The van der Waals surface area contributed by atoms with Gasteiger partial charge in [-0.3, -0.25) is 9.59 Å². The average molecular weight is 342 g/mol. The van der Waals surface area contributed by atoms with Gasteiger partial charge in [-0.05, 0) is 37.1 Å². The van der Waals surface area contributed by atoms with Crippen molar-refractivity contribution in [3.05, 3.63) is 30.1 Å². The number of hydrogen-bond acceptors (Lipinski definition) is 5. The average Bonchev–Trinajstić information content (AvgIpc) is 3.25. The fraction of sp³-hybridized carbons (Fsp3) is 0.444. The Morgan fingerprint density at radius 2 is 2.00 bits per heavy atom. The summed E-state index contributed by atoms with van der Waals surface area (Å²) < 4.78 is 5.26. The van der Waals surface area contributed by atoms with Crippen LogP contribution in [0.3, 0.4) is 0 Å². The van der Waals surface area contributed by atoms with Crippen molar-refractivity contribution in [1.29, 1.82) is 0 Å². The summed E-state index contributed by atoms with van der Waals surface area (Å²) in [5.41, 5.74) is 1.47. The summed E-state index contributed by atoms with van der Waals surface area (Å²) in [6.07, 6.45) is 1.55. The zero-order chi connectivity index (χ0) is 18.0. The quantitative estimate of drug-likeness (QED) is 0.923. The molecule has 2 heterocycles. The van der Waals surface area contributed by atoms with E-state index in [2.05, 4.69) is 15.5 Å². The topological polar surface area (TPSA) is 88.3 Å². The minimum Gasteiger partial charge on any atom is -0.334 e. The van der Waals surface area contributed by atoms with Gasteiger partial charge in [-0.2, -0.15) is 4.98 Å². The highest BCUT2D eigenvalue weighted by Crippen LogP contribution is 2.23. The summed E-state index contributed by atoms with van der Waals surface area (Å²) in [4.78, 5) is 30.0. The monoisotopic (exact) mass is 342 g/mol. The molecule has 7 heteroatoms. The van der Waals surface area contributed by atoms with E-state index in [0.29, 0.717) is 30.4 Å². The van der Waals surface area contributed by atoms with Gasteiger partial charge in [-0.15, -0.1) is 0 Å². The molecule has 7 nitrogen and oxygen atoms in total. The van der Waals surface area contributed by atoms with Crippen molar-refractivity contribution >= 4 is 17.5 Å². The van der Waals surface area contributed by atoms with Gasteiger partial charge in [0.25, 0.3) is 5.89 Å². The van der Waals surface area contributed by atoms with Crippen molar-refractivity contribution < 1.29 is 14.1 Å². The Morgan fingerprint density at radius 1 is 1.28 bits per heavy atom. The number of anilines is 1. The van der Waals surface area contributed by atoms with Gasteiger partial charge < -0.3 is 14.7 Å². The molecule has 2 amide bonds. The SMILES string of the molecule is CC(=O)N1CCC[C@H]1C(=O)Nc1ccc(-c2nc(C(C)C)no2)cc1. The van der Waals surface area contributed by atoms with Crippen LogP contribution < -0.4 is 5.32 Å². The summed E-state index contributed by atoms with van der Waals surface area (Å²) >= 11 is 0. The predicted octanol–water partition coefficient (Wildman–Crippen LogP) is 2.81. The Hall–Kier alpha value is -2.70. The number of rotatable bonds is 4. The highest BCUT2D eigenvalue weighted by atomic mass is 16.5. The molecule has 25 heavy (non-hydrogen) atoms. The van der Waals surface area contributed by atoms with E-state index in [0.717, 1.165) is 12.0 Å². The van der Waals surface area contributed by atoms with Gasteiger partial charge in [-0.1, -0.05) is 19.0 Å². The normalized spacial score (nSPS) is 17.1. The number of aromatic nitrogens is 2. The van der Waals surface area contributed by atoms with Gasteiger partial charge >= 0.3 is 0 Å². The van der Waals surface area contributed by atoms with Crippen LogP contribution in [0.2, 0.25) is 0 Å². The summed E-state index contributed by atoms with van der Waals surface area (Å²) in [7, 11) is 0. The number of nitrogens with one attached hydrogen (secondary N) is 1. The van der Waals surface area contributed by atoms with Crippen molar-refractivity contribution in [2.45, 2.75) is 45.6 Å². The van der Waals surface area contributed by atoms with Crippen LogP contribution in [0, 0.1) is 0 Å². The molecule has 0 radical (unpaired) electrons. The highest BCUT2D eigenvalue weighted by molar-refractivity contribution is 5.97. The Balaban J connectivity index is 1.68. The molecular formula is C18H22N4O3. The van der Waals surface area contributed by atoms with E-state index < -0.39 is 0 Å². The van der Waals surface area contributed by atoms with Crippen LogP contribution in [0.15, 0.2) is 28.8 Å². The Morgan fingerprint density at radius 3 is 2.60 bits per heavy atom. The first-order valence-corrected chi connectivity index (χ1v) is 8.48. The molecule has 1 saturated heterocycles. The molecule has 2 aromatic rings. The molecule has 3 rings (SSSR count). The third-order valence-corrected chi connectivity index (χ3v) is 4.32. The first-order valence-electron chi connectivity index (χ1n) is 8.48. The fourth-order valence-electron chi connectivity index (χ4n) is 2.92. The van der Waals surface area contributed by atoms with Crippen molar-refractivity contribution in [3.8, 4) is 11.5 Å². The second-order valence-corrected chi connectivity index (χ2v) is 6.55. The summed E-state index contributed by atoms with van der Waals surface area (Å²) in [6.45, 7) is 6.14. The molecule has 0 unspecified atom stereocenters. The minimum atomic E-state index is -0.387. The lowest BCUT2D eigenvalue weighted by Gasteiger charge is -2.22. The van der Waals surface area contributed by atoms with Gasteiger partial charge in [0.05, 0.1) is 0 Å². The van der Waals surface area contributed by atoms with Gasteiger partial charge in [-0.25, -0.2) is 0 Å². The standard InChI is InChI=1S/C18H22N4O3/c1-11(2)16-20-18(25-21-16)13-6-8-14(9-7-13)19-17(24)15-5-4-10-22(15)12(3)23/h6-9,11,15H,4-5,10H2,1-3H3,(H,19,24)/t15-/m0/s1. The van der Waals surface area contributed by atoms with E-state index in [1.807, 2.05) is 26.0 Å². The van der Waals surface area contributed by atoms with E-state index >= 15 is 0 Å². The van der Waals surface area contributed by atoms with Gasteiger partial charge in [0, 0.05) is 30.6 Å². The van der Waals surface area contributed by atoms with E-state index in [9.17, 15) is 9.59 Å². The van der Waals surface area contributed by atoms with Crippen molar-refractivity contribution in [2.75, 3.05) is 11.9 Å². The lowest BCUT2D eigenvalue weighted by atomic mass is 10.1. The molecule has 1 atom stereocenters. The van der Waals surface area contributed by atoms with Crippen LogP contribution in [0.25, 0.3) is 11.5 Å². The molecule has 1 aromatic heterocycles. The largest absolute Gasteiger partial charge is 0.334 e. The molecule has 0 bridgehead atoms. The molecule has 132 valence electrons. The number of benzene rings is 1. The van der Waals surface area contributed by atoms with Crippen LogP contribution in [0.1, 0.15) is 45.4 Å². The van der Waals surface area contributed by atoms with Gasteiger partial charge in [0.15, 0.2) is 5.82 Å². The smallest absolute Gasteiger partial charge is 0.257 e. The Labute approximate surface area is 146 Å². The molecule has 1 aliphatic heterocycles. The zero-order valence-electron chi connectivity index (χ0n) is 14.7. The van der Waals surface area contributed by atoms with Crippen LogP contribution in [0.5, 0.6) is 0 Å². The summed E-state index contributed by atoms with van der Waals surface area (Å²) in [5.74, 6) is 1.11. The van der Waals surface area contributed by atoms with E-state index in [-0.39, 0.29) is 23.8 Å². The molecule has 1 N–H and O–H groups in total. The van der Waals surface area contributed by atoms with Gasteiger partial charge in [0.1, 0.15) is 6.04 Å². The number of likely N-dealkylation sites (tertiary alicyclic amines) is 1. The molecular weight excluding hydrogens is 320 g/mol. The molecule has 0 spiro atoms. The highest BCUT2D eigenvalue weighted by Gasteiger charge is 2.32. The third kappa shape index (κ3) is 3.70. The Kier molecular flexibility index (Phi) is 4.83. The lowest BCUT2D eigenvalue weighted by Crippen LogP contribution is -2.42.